The molecule has 0 saturated heterocycles. The number of ether oxygens (including phenoxy) is 1. The highest BCUT2D eigenvalue weighted by molar-refractivity contribution is 7.80. The number of carbonyl (C=O) groups is 1. The van der Waals surface area contributed by atoms with Crippen LogP contribution < -0.4 is 5.32 Å². The Bertz CT molecular complexity index is 556. The first-order chi connectivity index (χ1) is 13.5. The summed E-state index contributed by atoms with van der Waals surface area (Å²) < 4.78 is 5.31. The van der Waals surface area contributed by atoms with E-state index in [1.54, 1.807) is 13.1 Å². The molecule has 0 aromatic rings. The number of rotatable bonds is 13. The lowest BCUT2D eigenvalue weighted by atomic mass is 9.89. The van der Waals surface area contributed by atoms with Crippen LogP contribution in [0, 0.1) is 17.8 Å². The summed E-state index contributed by atoms with van der Waals surface area (Å²) in [6.45, 7) is 4.87. The van der Waals surface area contributed by atoms with Gasteiger partial charge in [-0.25, -0.2) is 0 Å². The van der Waals surface area contributed by atoms with Gasteiger partial charge in [-0.1, -0.05) is 57.1 Å². The quantitative estimate of drug-likeness (QED) is 0.262. The van der Waals surface area contributed by atoms with E-state index in [1.165, 1.54) is 0 Å². The minimum Gasteiger partial charge on any atom is -0.471 e. The molecule has 0 spiro atoms. The number of allylic oxidation sites excluding steroid dienone is 5. The topological polar surface area (TPSA) is 58.6 Å². The second-order valence-corrected chi connectivity index (χ2v) is 7.90. The fraction of sp³-hybridized carbons (Fsp3) is 0.652. The summed E-state index contributed by atoms with van der Waals surface area (Å²) in [5.41, 5.74) is 0. The van der Waals surface area contributed by atoms with E-state index >= 15 is 0 Å². The maximum absolute atomic E-state index is 12.2. The molecule has 1 rings (SSSR count). The zero-order valence-corrected chi connectivity index (χ0v) is 18.4. The van der Waals surface area contributed by atoms with E-state index in [0.29, 0.717) is 11.8 Å². The van der Waals surface area contributed by atoms with Gasteiger partial charge in [0.25, 0.3) is 5.17 Å². The lowest BCUT2D eigenvalue weighted by Crippen LogP contribution is -2.19. The molecule has 0 amide bonds. The number of ketones is 1. The number of hydrogen-bond donors (Lipinski definition) is 2. The van der Waals surface area contributed by atoms with Crippen LogP contribution in [0.1, 0.15) is 58.8 Å². The monoisotopic (exact) mass is 407 g/mol. The molecule has 0 aromatic carbocycles. The number of hydrogen-bond acceptors (Lipinski definition) is 4. The zero-order chi connectivity index (χ0) is 20.8. The summed E-state index contributed by atoms with van der Waals surface area (Å²) in [7, 11) is 1.75. The number of thiocarbonyl (C=S) groups is 1. The average Bonchev–Trinajstić information content (AvgIpc) is 3.05. The van der Waals surface area contributed by atoms with Crippen molar-refractivity contribution in [1.82, 2.24) is 5.32 Å². The molecule has 4 nitrogen and oxygen atoms in total. The van der Waals surface area contributed by atoms with Crippen LogP contribution in [-0.4, -0.2) is 35.8 Å². The standard InChI is InChI=1S/C23H37NO3S/c1-4-5-11-18(2)21(25)15-13-19-14-16-22(26)20(19)12-9-7-6-8-10-17-27-23(28)24-3/h7,9,13-16,18-21,25H,4-6,8,10-12,17H2,1-3H3,(H,24,28)/t18?,19-,20+,21+/m0/s1. The van der Waals surface area contributed by atoms with Gasteiger partial charge in [-0.3, -0.25) is 4.79 Å². The number of unbranched alkanes of at least 4 members (excludes halogenated alkanes) is 3. The van der Waals surface area contributed by atoms with Gasteiger partial charge in [0.1, 0.15) is 0 Å². The molecule has 0 bridgehead atoms. The molecule has 0 fully saturated rings. The molecule has 5 heteroatoms. The van der Waals surface area contributed by atoms with E-state index in [4.69, 9.17) is 17.0 Å². The molecular formula is C23H37NO3S. The molecule has 0 aromatic heterocycles. The summed E-state index contributed by atoms with van der Waals surface area (Å²) in [4.78, 5) is 12.2. The Hall–Kier alpha value is -1.46. The molecule has 0 saturated carbocycles. The van der Waals surface area contributed by atoms with Crippen molar-refractivity contribution in [2.45, 2.75) is 64.9 Å². The van der Waals surface area contributed by atoms with Gasteiger partial charge in [0, 0.05) is 18.9 Å². The maximum Gasteiger partial charge on any atom is 0.256 e. The lowest BCUT2D eigenvalue weighted by molar-refractivity contribution is -0.117. The molecule has 1 unspecified atom stereocenters. The largest absolute Gasteiger partial charge is 0.471 e. The third-order valence-corrected chi connectivity index (χ3v) is 5.52. The zero-order valence-electron chi connectivity index (χ0n) is 17.6. The van der Waals surface area contributed by atoms with Gasteiger partial charge >= 0.3 is 0 Å². The predicted octanol–water partition coefficient (Wildman–Crippen LogP) is 4.74. The SMILES string of the molecule is CCCCC(C)[C@H](O)C=C[C@H]1C=CC(=O)[C@@H]1CC=CCCCCOC(=S)NC. The lowest BCUT2D eigenvalue weighted by Gasteiger charge is -2.17. The van der Waals surface area contributed by atoms with Crippen molar-refractivity contribution in [3.8, 4) is 0 Å². The van der Waals surface area contributed by atoms with Crippen LogP contribution in [0.3, 0.4) is 0 Å². The highest BCUT2D eigenvalue weighted by Crippen LogP contribution is 2.28. The van der Waals surface area contributed by atoms with Crippen molar-refractivity contribution in [3.05, 3.63) is 36.5 Å². The van der Waals surface area contributed by atoms with Gasteiger partial charge in [-0.15, -0.1) is 0 Å². The molecule has 1 aliphatic rings. The molecular weight excluding hydrogens is 370 g/mol. The van der Waals surface area contributed by atoms with Crippen LogP contribution in [0.2, 0.25) is 0 Å². The molecule has 158 valence electrons. The third kappa shape index (κ3) is 9.65. The Balaban J connectivity index is 2.34. The Kier molecular flexibility index (Phi) is 12.8. The number of nitrogens with one attached hydrogen (secondary N) is 1. The summed E-state index contributed by atoms with van der Waals surface area (Å²) in [5, 5.41) is 13.5. The van der Waals surface area contributed by atoms with Crippen molar-refractivity contribution >= 4 is 23.2 Å². The summed E-state index contributed by atoms with van der Waals surface area (Å²) in [6, 6.07) is 0. The highest BCUT2D eigenvalue weighted by Gasteiger charge is 2.27. The van der Waals surface area contributed by atoms with E-state index in [2.05, 4.69) is 31.3 Å². The normalized spacial score (nSPS) is 21.5. The van der Waals surface area contributed by atoms with E-state index in [0.717, 1.165) is 44.9 Å². The van der Waals surface area contributed by atoms with Gasteiger partial charge in [-0.05, 0) is 56.3 Å². The minimum atomic E-state index is -0.440. The van der Waals surface area contributed by atoms with Crippen LogP contribution in [0.25, 0.3) is 0 Å². The number of carbonyl (C=O) groups excluding carboxylic acids is 1. The van der Waals surface area contributed by atoms with Gasteiger partial charge in [0.15, 0.2) is 5.78 Å². The Labute approximate surface area is 176 Å². The average molecular weight is 408 g/mol. The van der Waals surface area contributed by atoms with Crippen molar-refractivity contribution < 1.29 is 14.6 Å². The van der Waals surface area contributed by atoms with Gasteiger partial charge in [0.05, 0.1) is 12.7 Å². The summed E-state index contributed by atoms with van der Waals surface area (Å²) >= 11 is 4.92. The fourth-order valence-corrected chi connectivity index (χ4v) is 3.30. The van der Waals surface area contributed by atoms with Crippen LogP contribution in [0.4, 0.5) is 0 Å². The summed E-state index contributed by atoms with van der Waals surface area (Å²) in [5.74, 6) is 0.479. The van der Waals surface area contributed by atoms with Crippen molar-refractivity contribution in [3.63, 3.8) is 0 Å². The number of aliphatic hydroxyl groups excluding tert-OH is 1. The molecule has 4 atom stereocenters. The van der Waals surface area contributed by atoms with E-state index in [-0.39, 0.29) is 23.5 Å². The smallest absolute Gasteiger partial charge is 0.256 e. The van der Waals surface area contributed by atoms with E-state index in [9.17, 15) is 9.90 Å². The van der Waals surface area contributed by atoms with Crippen LogP contribution >= 0.6 is 12.2 Å². The molecule has 28 heavy (non-hydrogen) atoms. The Morgan fingerprint density at radius 3 is 2.86 bits per heavy atom. The summed E-state index contributed by atoms with van der Waals surface area (Å²) in [6.07, 6.45) is 18.3. The molecule has 2 N–H and O–H groups in total. The van der Waals surface area contributed by atoms with Crippen molar-refractivity contribution in [2.75, 3.05) is 13.7 Å². The van der Waals surface area contributed by atoms with Gasteiger partial charge < -0.3 is 15.2 Å². The van der Waals surface area contributed by atoms with Gasteiger partial charge in [0.2, 0.25) is 0 Å². The first-order valence-electron chi connectivity index (χ1n) is 10.6. The van der Waals surface area contributed by atoms with Gasteiger partial charge in [-0.2, -0.15) is 0 Å². The molecule has 1 aliphatic carbocycles. The maximum atomic E-state index is 12.2. The molecule has 0 heterocycles. The van der Waals surface area contributed by atoms with Crippen LogP contribution in [-0.2, 0) is 9.53 Å². The second-order valence-electron chi connectivity index (χ2n) is 7.53. The first kappa shape index (κ1) is 24.6. The molecule has 0 radical (unpaired) electrons. The van der Waals surface area contributed by atoms with E-state index in [1.807, 2.05) is 18.2 Å². The van der Waals surface area contributed by atoms with Crippen molar-refractivity contribution in [2.24, 2.45) is 17.8 Å². The Morgan fingerprint density at radius 2 is 2.14 bits per heavy atom. The van der Waals surface area contributed by atoms with E-state index < -0.39 is 6.10 Å². The highest BCUT2D eigenvalue weighted by atomic mass is 32.1. The Morgan fingerprint density at radius 1 is 1.36 bits per heavy atom. The number of aliphatic hydroxyl groups is 1. The second kappa shape index (κ2) is 14.5. The minimum absolute atomic E-state index is 0.0398. The van der Waals surface area contributed by atoms with Crippen LogP contribution in [0.5, 0.6) is 0 Å². The predicted molar refractivity (Wildman–Crippen MR) is 120 cm³/mol. The van der Waals surface area contributed by atoms with Crippen LogP contribution in [0.15, 0.2) is 36.5 Å². The first-order valence-corrected chi connectivity index (χ1v) is 11.0. The molecule has 0 aliphatic heterocycles. The fourth-order valence-electron chi connectivity index (χ4n) is 3.22. The third-order valence-electron chi connectivity index (χ3n) is 5.20. The van der Waals surface area contributed by atoms with Crippen molar-refractivity contribution in [1.29, 1.82) is 0 Å².